The average Bonchev–Trinajstić information content (AvgIpc) is 2.76. The number of rotatable bonds is 5. The second kappa shape index (κ2) is 6.04. The highest BCUT2D eigenvalue weighted by atomic mass is 35.5. The Balaban J connectivity index is 2.19. The van der Waals surface area contributed by atoms with Crippen molar-refractivity contribution in [2.24, 2.45) is 7.05 Å². The third-order valence-corrected chi connectivity index (χ3v) is 3.35. The topological polar surface area (TPSA) is 52.0 Å². The predicted molar refractivity (Wildman–Crippen MR) is 74.5 cm³/mol. The molecule has 0 spiro atoms. The van der Waals surface area contributed by atoms with E-state index in [0.29, 0.717) is 10.9 Å². The number of aromatic nitrogens is 3. The predicted octanol–water partition coefficient (Wildman–Crippen LogP) is 1.98. The SMILES string of the molecule is CNC(Cc1ccc(OC)nc1)c1c(Cl)cnn1C. The highest BCUT2D eigenvalue weighted by Crippen LogP contribution is 2.25. The van der Waals surface area contributed by atoms with E-state index in [1.165, 1.54) is 0 Å². The zero-order chi connectivity index (χ0) is 13.8. The number of ether oxygens (including phenoxy) is 1. The molecule has 0 aromatic carbocycles. The third-order valence-electron chi connectivity index (χ3n) is 3.06. The van der Waals surface area contributed by atoms with E-state index in [2.05, 4.69) is 15.4 Å². The standard InChI is InChI=1S/C13H17ClN4O/c1-15-11(13-10(14)8-17-18(13)2)6-9-4-5-12(19-3)16-7-9/h4-5,7-8,11,15H,6H2,1-3H3. The Morgan fingerprint density at radius 2 is 2.21 bits per heavy atom. The molecule has 19 heavy (non-hydrogen) atoms. The molecule has 0 saturated heterocycles. The van der Waals surface area contributed by atoms with Gasteiger partial charge in [-0.15, -0.1) is 0 Å². The second-order valence-electron chi connectivity index (χ2n) is 4.26. The lowest BCUT2D eigenvalue weighted by atomic mass is 10.1. The van der Waals surface area contributed by atoms with Crippen LogP contribution in [0.4, 0.5) is 0 Å². The number of hydrogen-bond acceptors (Lipinski definition) is 4. The quantitative estimate of drug-likeness (QED) is 0.910. The van der Waals surface area contributed by atoms with Crippen LogP contribution < -0.4 is 10.1 Å². The fourth-order valence-corrected chi connectivity index (χ4v) is 2.33. The number of methoxy groups -OCH3 is 1. The Morgan fingerprint density at radius 3 is 2.68 bits per heavy atom. The number of likely N-dealkylation sites (N-methyl/N-ethyl adjacent to an activating group) is 1. The highest BCUT2D eigenvalue weighted by Gasteiger charge is 2.18. The molecule has 0 amide bonds. The van der Waals surface area contributed by atoms with E-state index in [1.54, 1.807) is 18.0 Å². The summed E-state index contributed by atoms with van der Waals surface area (Å²) in [6, 6.07) is 3.95. The van der Waals surface area contributed by atoms with Crippen molar-refractivity contribution >= 4 is 11.6 Å². The fourth-order valence-electron chi connectivity index (χ4n) is 2.04. The van der Waals surface area contributed by atoms with Crippen LogP contribution in [0.5, 0.6) is 5.88 Å². The molecule has 0 saturated carbocycles. The van der Waals surface area contributed by atoms with Crippen LogP contribution in [0.1, 0.15) is 17.3 Å². The Kier molecular flexibility index (Phi) is 4.39. The summed E-state index contributed by atoms with van der Waals surface area (Å²) in [5, 5.41) is 8.09. The minimum Gasteiger partial charge on any atom is -0.481 e. The van der Waals surface area contributed by atoms with Gasteiger partial charge in [0.1, 0.15) is 0 Å². The van der Waals surface area contributed by atoms with Gasteiger partial charge in [-0.2, -0.15) is 5.10 Å². The van der Waals surface area contributed by atoms with Crippen molar-refractivity contribution in [2.75, 3.05) is 14.2 Å². The zero-order valence-electron chi connectivity index (χ0n) is 11.2. The number of aryl methyl sites for hydroxylation is 1. The van der Waals surface area contributed by atoms with Crippen LogP contribution in [0.25, 0.3) is 0 Å². The van der Waals surface area contributed by atoms with Crippen LogP contribution in [0.15, 0.2) is 24.5 Å². The van der Waals surface area contributed by atoms with Gasteiger partial charge in [0.25, 0.3) is 0 Å². The van der Waals surface area contributed by atoms with E-state index < -0.39 is 0 Å². The van der Waals surface area contributed by atoms with Gasteiger partial charge >= 0.3 is 0 Å². The summed E-state index contributed by atoms with van der Waals surface area (Å²) in [4.78, 5) is 4.21. The van der Waals surface area contributed by atoms with E-state index in [-0.39, 0.29) is 6.04 Å². The van der Waals surface area contributed by atoms with E-state index in [1.807, 2.05) is 32.4 Å². The van der Waals surface area contributed by atoms with E-state index >= 15 is 0 Å². The van der Waals surface area contributed by atoms with Crippen molar-refractivity contribution in [3.63, 3.8) is 0 Å². The number of nitrogens with zero attached hydrogens (tertiary/aromatic N) is 3. The van der Waals surface area contributed by atoms with Crippen molar-refractivity contribution in [3.8, 4) is 5.88 Å². The summed E-state index contributed by atoms with van der Waals surface area (Å²) in [6.07, 6.45) is 4.26. The monoisotopic (exact) mass is 280 g/mol. The Hall–Kier alpha value is -1.59. The smallest absolute Gasteiger partial charge is 0.212 e. The molecule has 0 radical (unpaired) electrons. The molecule has 2 rings (SSSR count). The number of nitrogens with one attached hydrogen (secondary N) is 1. The first-order chi connectivity index (χ1) is 9.15. The van der Waals surface area contributed by atoms with Gasteiger partial charge in [-0.1, -0.05) is 17.7 Å². The molecule has 6 heteroatoms. The maximum absolute atomic E-state index is 6.17. The Bertz CT molecular complexity index is 519. The maximum atomic E-state index is 6.17. The van der Waals surface area contributed by atoms with Gasteiger partial charge < -0.3 is 10.1 Å². The first-order valence-electron chi connectivity index (χ1n) is 5.99. The van der Waals surface area contributed by atoms with Crippen LogP contribution in [0.3, 0.4) is 0 Å². The fraction of sp³-hybridized carbons (Fsp3) is 0.385. The molecule has 0 aliphatic heterocycles. The van der Waals surface area contributed by atoms with E-state index in [9.17, 15) is 0 Å². The highest BCUT2D eigenvalue weighted by molar-refractivity contribution is 6.31. The first kappa shape index (κ1) is 13.8. The molecule has 1 atom stereocenters. The van der Waals surface area contributed by atoms with Gasteiger partial charge in [0.15, 0.2) is 0 Å². The van der Waals surface area contributed by atoms with Crippen molar-refractivity contribution in [2.45, 2.75) is 12.5 Å². The van der Waals surface area contributed by atoms with Gasteiger partial charge in [0.05, 0.1) is 30.1 Å². The second-order valence-corrected chi connectivity index (χ2v) is 4.66. The molecule has 0 aliphatic carbocycles. The minimum absolute atomic E-state index is 0.0928. The lowest BCUT2D eigenvalue weighted by Gasteiger charge is -2.17. The molecule has 1 N–H and O–H groups in total. The van der Waals surface area contributed by atoms with E-state index in [4.69, 9.17) is 16.3 Å². The molecular formula is C13H17ClN4O. The molecule has 0 bridgehead atoms. The normalized spacial score (nSPS) is 12.4. The molecule has 102 valence electrons. The first-order valence-corrected chi connectivity index (χ1v) is 6.37. The van der Waals surface area contributed by atoms with Crippen LogP contribution in [0.2, 0.25) is 5.02 Å². The van der Waals surface area contributed by atoms with Crippen LogP contribution >= 0.6 is 11.6 Å². The Labute approximate surface area is 117 Å². The van der Waals surface area contributed by atoms with Crippen molar-refractivity contribution in [3.05, 3.63) is 40.8 Å². The van der Waals surface area contributed by atoms with Gasteiger partial charge in [-0.25, -0.2) is 4.98 Å². The average molecular weight is 281 g/mol. The molecular weight excluding hydrogens is 264 g/mol. The van der Waals surface area contributed by atoms with Crippen molar-refractivity contribution < 1.29 is 4.74 Å². The van der Waals surface area contributed by atoms with Crippen LogP contribution in [-0.4, -0.2) is 28.9 Å². The molecule has 2 heterocycles. The summed E-state index contributed by atoms with van der Waals surface area (Å²) >= 11 is 6.17. The van der Waals surface area contributed by atoms with Gasteiger partial charge in [0.2, 0.25) is 5.88 Å². The minimum atomic E-state index is 0.0928. The third kappa shape index (κ3) is 3.05. The van der Waals surface area contributed by atoms with Crippen LogP contribution in [0, 0.1) is 0 Å². The number of hydrogen-bond donors (Lipinski definition) is 1. The molecule has 2 aromatic rings. The molecule has 0 aliphatic rings. The van der Waals surface area contributed by atoms with Crippen molar-refractivity contribution in [1.82, 2.24) is 20.1 Å². The summed E-state index contributed by atoms with van der Waals surface area (Å²) < 4.78 is 6.84. The molecule has 5 nitrogen and oxygen atoms in total. The van der Waals surface area contributed by atoms with Gasteiger partial charge in [0, 0.05) is 19.3 Å². The lowest BCUT2D eigenvalue weighted by molar-refractivity contribution is 0.397. The number of halogens is 1. The largest absolute Gasteiger partial charge is 0.481 e. The molecule has 0 fully saturated rings. The maximum Gasteiger partial charge on any atom is 0.212 e. The van der Waals surface area contributed by atoms with E-state index in [0.717, 1.165) is 17.7 Å². The zero-order valence-corrected chi connectivity index (χ0v) is 12.0. The van der Waals surface area contributed by atoms with Crippen molar-refractivity contribution in [1.29, 1.82) is 0 Å². The lowest BCUT2D eigenvalue weighted by Crippen LogP contribution is -2.22. The summed E-state index contributed by atoms with van der Waals surface area (Å²) in [7, 11) is 5.40. The number of pyridine rings is 1. The summed E-state index contributed by atoms with van der Waals surface area (Å²) in [6.45, 7) is 0. The summed E-state index contributed by atoms with van der Waals surface area (Å²) in [5.74, 6) is 0.614. The van der Waals surface area contributed by atoms with Crippen LogP contribution in [-0.2, 0) is 13.5 Å². The molecule has 2 aromatic heterocycles. The Morgan fingerprint density at radius 1 is 1.42 bits per heavy atom. The van der Waals surface area contributed by atoms with Gasteiger partial charge in [-0.05, 0) is 19.0 Å². The summed E-state index contributed by atoms with van der Waals surface area (Å²) in [5.41, 5.74) is 2.08. The molecule has 1 unspecified atom stereocenters. The van der Waals surface area contributed by atoms with Gasteiger partial charge in [-0.3, -0.25) is 4.68 Å².